The maximum Gasteiger partial charge on any atom is -0.00584 e. The van der Waals surface area contributed by atoms with E-state index < -0.39 is 0 Å². The second-order valence-electron chi connectivity index (χ2n) is 5.81. The molecule has 0 saturated carbocycles. The monoisotopic (exact) mass is 280 g/mol. The fraction of sp³-hybridized carbons (Fsp3) is 0.778. The van der Waals surface area contributed by atoms with Gasteiger partial charge in [-0.15, -0.1) is 0 Å². The highest BCUT2D eigenvalue weighted by Gasteiger charge is 2.11. The molecule has 0 aromatic carbocycles. The molecule has 0 aliphatic rings. The number of hydrogen-bond donors (Lipinski definition) is 0. The lowest BCUT2D eigenvalue weighted by molar-refractivity contribution is 0.494. The third kappa shape index (κ3) is 7.77. The van der Waals surface area contributed by atoms with E-state index in [1.807, 2.05) is 11.3 Å². The van der Waals surface area contributed by atoms with Crippen LogP contribution in [0.15, 0.2) is 16.8 Å². The lowest BCUT2D eigenvalue weighted by atomic mass is 9.90. The van der Waals surface area contributed by atoms with Gasteiger partial charge in [-0.2, -0.15) is 11.3 Å². The molecule has 0 spiro atoms. The summed E-state index contributed by atoms with van der Waals surface area (Å²) >= 11 is 1.86. The van der Waals surface area contributed by atoms with Crippen LogP contribution in [0.4, 0.5) is 0 Å². The quantitative estimate of drug-likeness (QED) is 0.356. The van der Waals surface area contributed by atoms with Crippen molar-refractivity contribution < 1.29 is 0 Å². The zero-order valence-corrected chi connectivity index (χ0v) is 13.8. The van der Waals surface area contributed by atoms with Crippen molar-refractivity contribution in [3.05, 3.63) is 22.4 Å². The van der Waals surface area contributed by atoms with Crippen LogP contribution in [-0.4, -0.2) is 0 Å². The van der Waals surface area contributed by atoms with Gasteiger partial charge in [0.25, 0.3) is 0 Å². The van der Waals surface area contributed by atoms with Crippen molar-refractivity contribution in [2.75, 3.05) is 0 Å². The Morgan fingerprint density at radius 1 is 0.842 bits per heavy atom. The second-order valence-corrected chi connectivity index (χ2v) is 6.59. The molecule has 110 valence electrons. The minimum Gasteiger partial charge on any atom is -0.152 e. The molecule has 0 fully saturated rings. The van der Waals surface area contributed by atoms with Crippen LogP contribution in [0.25, 0.3) is 0 Å². The first-order valence-electron chi connectivity index (χ1n) is 8.40. The van der Waals surface area contributed by atoms with Crippen molar-refractivity contribution in [3.8, 4) is 0 Å². The molecule has 0 N–H and O–H groups in total. The molecule has 1 heterocycles. The third-order valence-electron chi connectivity index (χ3n) is 4.08. The first-order chi connectivity index (χ1) is 9.38. The maximum absolute atomic E-state index is 2.37. The highest BCUT2D eigenvalue weighted by atomic mass is 32.1. The number of thiophene rings is 1. The summed E-state index contributed by atoms with van der Waals surface area (Å²) in [7, 11) is 0. The van der Waals surface area contributed by atoms with Gasteiger partial charge in [0.2, 0.25) is 0 Å². The Labute approximate surface area is 124 Å². The number of unbranched alkanes of at least 4 members (excludes halogenated alkanes) is 7. The van der Waals surface area contributed by atoms with Crippen LogP contribution in [0.2, 0.25) is 0 Å². The third-order valence-corrected chi connectivity index (χ3v) is 4.78. The summed E-state index contributed by atoms with van der Waals surface area (Å²) in [5.41, 5.74) is 1.61. The number of rotatable bonds is 12. The molecule has 1 aromatic rings. The molecule has 1 atom stereocenters. The Hall–Kier alpha value is -0.300. The van der Waals surface area contributed by atoms with E-state index in [0.29, 0.717) is 0 Å². The van der Waals surface area contributed by atoms with E-state index in [1.54, 1.807) is 5.56 Å². The van der Waals surface area contributed by atoms with Gasteiger partial charge in [-0.1, -0.05) is 71.6 Å². The Morgan fingerprint density at radius 2 is 1.42 bits per heavy atom. The van der Waals surface area contributed by atoms with E-state index >= 15 is 0 Å². The van der Waals surface area contributed by atoms with Gasteiger partial charge in [-0.25, -0.2) is 0 Å². The fourth-order valence-corrected chi connectivity index (χ4v) is 3.54. The van der Waals surface area contributed by atoms with Crippen molar-refractivity contribution in [1.29, 1.82) is 0 Å². The predicted octanol–water partition coefficient (Wildman–Crippen LogP) is 7.16. The molecule has 0 nitrogen and oxygen atoms in total. The first-order valence-corrected chi connectivity index (χ1v) is 9.34. The molecule has 1 rings (SSSR count). The zero-order chi connectivity index (χ0) is 13.8. The van der Waals surface area contributed by atoms with E-state index in [4.69, 9.17) is 0 Å². The van der Waals surface area contributed by atoms with Gasteiger partial charge in [0.15, 0.2) is 0 Å². The van der Waals surface area contributed by atoms with E-state index in [0.717, 1.165) is 5.92 Å². The summed E-state index contributed by atoms with van der Waals surface area (Å²) in [5, 5.41) is 4.61. The number of hydrogen-bond acceptors (Lipinski definition) is 1. The van der Waals surface area contributed by atoms with E-state index in [2.05, 4.69) is 30.7 Å². The lowest BCUT2D eigenvalue weighted by Crippen LogP contribution is -1.98. The van der Waals surface area contributed by atoms with Crippen molar-refractivity contribution in [2.24, 2.45) is 0 Å². The molecule has 0 amide bonds. The van der Waals surface area contributed by atoms with Gasteiger partial charge in [0.05, 0.1) is 0 Å². The normalized spacial score (nSPS) is 12.7. The molecular formula is C18H32S. The average Bonchev–Trinajstić information content (AvgIpc) is 2.95. The molecule has 19 heavy (non-hydrogen) atoms. The van der Waals surface area contributed by atoms with Gasteiger partial charge in [-0.3, -0.25) is 0 Å². The van der Waals surface area contributed by atoms with Crippen LogP contribution in [0.3, 0.4) is 0 Å². The van der Waals surface area contributed by atoms with E-state index in [9.17, 15) is 0 Å². The van der Waals surface area contributed by atoms with Crippen LogP contribution in [-0.2, 0) is 0 Å². The van der Waals surface area contributed by atoms with Gasteiger partial charge < -0.3 is 0 Å². The second kappa shape index (κ2) is 11.5. The summed E-state index contributed by atoms with van der Waals surface area (Å²) in [6, 6.07) is 2.35. The van der Waals surface area contributed by atoms with Crippen molar-refractivity contribution in [2.45, 2.75) is 90.4 Å². The first kappa shape index (κ1) is 16.8. The maximum atomic E-state index is 2.37. The molecule has 0 aliphatic heterocycles. The van der Waals surface area contributed by atoms with Crippen molar-refractivity contribution in [3.63, 3.8) is 0 Å². The summed E-state index contributed by atoms with van der Waals surface area (Å²) in [4.78, 5) is 0. The minimum atomic E-state index is 0.838. The molecule has 1 aromatic heterocycles. The predicted molar refractivity (Wildman–Crippen MR) is 89.2 cm³/mol. The molecule has 0 bridgehead atoms. The minimum absolute atomic E-state index is 0.838. The van der Waals surface area contributed by atoms with Gasteiger partial charge >= 0.3 is 0 Å². The van der Waals surface area contributed by atoms with Gasteiger partial charge in [-0.05, 0) is 41.1 Å². The van der Waals surface area contributed by atoms with Gasteiger partial charge in [0.1, 0.15) is 0 Å². The fourth-order valence-electron chi connectivity index (χ4n) is 2.80. The van der Waals surface area contributed by atoms with E-state index in [1.165, 1.54) is 70.6 Å². The molecular weight excluding hydrogens is 248 g/mol. The summed E-state index contributed by atoms with van der Waals surface area (Å²) in [6.45, 7) is 4.59. The molecule has 1 unspecified atom stereocenters. The van der Waals surface area contributed by atoms with Crippen LogP contribution >= 0.6 is 11.3 Å². The summed E-state index contributed by atoms with van der Waals surface area (Å²) in [6.07, 6.45) is 15.5. The van der Waals surface area contributed by atoms with Crippen LogP contribution < -0.4 is 0 Å². The Balaban J connectivity index is 2.25. The Bertz CT molecular complexity index is 276. The zero-order valence-electron chi connectivity index (χ0n) is 13.0. The standard InChI is InChI=1S/C18H32S/c1-3-5-7-9-11-13-17(12-10-8-6-4-2)18-14-15-19-16-18/h14-17H,3-13H2,1-2H3. The Morgan fingerprint density at radius 3 is 1.95 bits per heavy atom. The molecule has 0 saturated heterocycles. The van der Waals surface area contributed by atoms with Crippen molar-refractivity contribution >= 4 is 11.3 Å². The molecule has 1 heteroatoms. The van der Waals surface area contributed by atoms with Gasteiger partial charge in [0, 0.05) is 0 Å². The largest absolute Gasteiger partial charge is 0.152 e. The average molecular weight is 281 g/mol. The lowest BCUT2D eigenvalue weighted by Gasteiger charge is -2.15. The van der Waals surface area contributed by atoms with Crippen molar-refractivity contribution in [1.82, 2.24) is 0 Å². The highest BCUT2D eigenvalue weighted by Crippen LogP contribution is 2.29. The summed E-state index contributed by atoms with van der Waals surface area (Å²) < 4.78 is 0. The molecule has 0 radical (unpaired) electrons. The van der Waals surface area contributed by atoms with E-state index in [-0.39, 0.29) is 0 Å². The Kier molecular flexibility index (Phi) is 10.2. The smallest absolute Gasteiger partial charge is 0.00584 e. The van der Waals surface area contributed by atoms with Crippen LogP contribution in [0.5, 0.6) is 0 Å². The van der Waals surface area contributed by atoms with Crippen LogP contribution in [0.1, 0.15) is 96.0 Å². The SMILES string of the molecule is CCCCCCCC(CCCCCC)c1ccsc1. The molecule has 0 aliphatic carbocycles. The summed E-state index contributed by atoms with van der Waals surface area (Å²) in [5.74, 6) is 0.838. The topological polar surface area (TPSA) is 0 Å². The highest BCUT2D eigenvalue weighted by molar-refractivity contribution is 7.07. The van der Waals surface area contributed by atoms with Crippen LogP contribution in [0, 0.1) is 0 Å².